The topological polar surface area (TPSA) is 68.0 Å². The zero-order chi connectivity index (χ0) is 10.7. The van der Waals surface area contributed by atoms with Gasteiger partial charge in [0.15, 0.2) is 0 Å². The second kappa shape index (κ2) is 4.53. The van der Waals surface area contributed by atoms with Crippen LogP contribution in [0, 0.1) is 0 Å². The number of nitrogens with one attached hydrogen (secondary N) is 1. The third kappa shape index (κ3) is 2.62. The molecule has 1 aromatic rings. The summed E-state index contributed by atoms with van der Waals surface area (Å²) in [6, 6.07) is 3.44. The summed E-state index contributed by atoms with van der Waals surface area (Å²) in [6.07, 6.45) is 3.68. The van der Waals surface area contributed by atoms with Crippen molar-refractivity contribution in [3.8, 4) is 0 Å². The highest BCUT2D eigenvalue weighted by Gasteiger charge is 2.23. The molecule has 4 nitrogen and oxygen atoms in total. The van der Waals surface area contributed by atoms with Crippen LogP contribution in [-0.2, 0) is 4.79 Å². The summed E-state index contributed by atoms with van der Waals surface area (Å²) in [7, 11) is 0. The molecule has 80 valence electrons. The summed E-state index contributed by atoms with van der Waals surface area (Å²) < 4.78 is 0. The third-order valence-corrected chi connectivity index (χ3v) is 3.65. The van der Waals surface area contributed by atoms with Crippen LogP contribution in [0.15, 0.2) is 18.3 Å². The number of aromatic nitrogens is 1. The molecule has 0 saturated carbocycles. The van der Waals surface area contributed by atoms with E-state index in [0.29, 0.717) is 11.5 Å². The van der Waals surface area contributed by atoms with E-state index in [9.17, 15) is 4.79 Å². The summed E-state index contributed by atoms with van der Waals surface area (Å²) in [4.78, 5) is 15.6. The fraction of sp³-hybridized carbons (Fsp3) is 0.400. The van der Waals surface area contributed by atoms with Gasteiger partial charge in [0.25, 0.3) is 0 Å². The summed E-state index contributed by atoms with van der Waals surface area (Å²) in [6.45, 7) is 0. The van der Waals surface area contributed by atoms with E-state index in [4.69, 9.17) is 5.73 Å². The lowest BCUT2D eigenvalue weighted by Gasteiger charge is -2.09. The van der Waals surface area contributed by atoms with Crippen molar-refractivity contribution in [1.29, 1.82) is 0 Å². The number of hydrogen-bond donors (Lipinski definition) is 2. The summed E-state index contributed by atoms with van der Waals surface area (Å²) in [5.41, 5.74) is 6.16. The predicted molar refractivity (Wildman–Crippen MR) is 62.8 cm³/mol. The Morgan fingerprint density at radius 3 is 3.07 bits per heavy atom. The summed E-state index contributed by atoms with van der Waals surface area (Å²) >= 11 is 1.72. The van der Waals surface area contributed by atoms with Crippen molar-refractivity contribution in [2.24, 2.45) is 0 Å². The number of nitrogen functional groups attached to an aromatic ring is 1. The lowest BCUT2D eigenvalue weighted by Crippen LogP contribution is -2.22. The van der Waals surface area contributed by atoms with Crippen LogP contribution >= 0.6 is 11.8 Å². The van der Waals surface area contributed by atoms with E-state index >= 15 is 0 Å². The Kier molecular flexibility index (Phi) is 3.11. The molecule has 1 saturated heterocycles. The Morgan fingerprint density at radius 1 is 1.60 bits per heavy atom. The number of hydrogen-bond acceptors (Lipinski definition) is 4. The zero-order valence-electron chi connectivity index (χ0n) is 8.27. The first-order valence-electron chi connectivity index (χ1n) is 4.90. The molecular formula is C10H13N3OS. The molecular weight excluding hydrogens is 210 g/mol. The van der Waals surface area contributed by atoms with Gasteiger partial charge in [0, 0.05) is 0 Å². The van der Waals surface area contributed by atoms with E-state index in [-0.39, 0.29) is 11.2 Å². The second-order valence-electron chi connectivity index (χ2n) is 3.46. The number of thioether (sulfide) groups is 1. The maximum atomic E-state index is 11.7. The van der Waals surface area contributed by atoms with Crippen molar-refractivity contribution in [3.05, 3.63) is 18.3 Å². The molecule has 0 bridgehead atoms. The highest BCUT2D eigenvalue weighted by atomic mass is 32.2. The van der Waals surface area contributed by atoms with E-state index in [1.165, 1.54) is 0 Å². The monoisotopic (exact) mass is 223 g/mol. The SMILES string of the molecule is Nc1ccc(NC(=O)C2CCCS2)cn1. The first-order valence-corrected chi connectivity index (χ1v) is 5.94. The maximum absolute atomic E-state index is 11.7. The Hall–Kier alpha value is -1.23. The zero-order valence-corrected chi connectivity index (χ0v) is 9.09. The second-order valence-corrected chi connectivity index (χ2v) is 4.77. The van der Waals surface area contributed by atoms with Gasteiger partial charge in [-0.2, -0.15) is 0 Å². The highest BCUT2D eigenvalue weighted by Crippen LogP contribution is 2.27. The molecule has 1 amide bonds. The van der Waals surface area contributed by atoms with E-state index in [1.54, 1.807) is 30.1 Å². The van der Waals surface area contributed by atoms with Crippen molar-refractivity contribution in [3.63, 3.8) is 0 Å². The summed E-state index contributed by atoms with van der Waals surface area (Å²) in [5.74, 6) is 1.62. The standard InChI is InChI=1S/C10H13N3OS/c11-9-4-3-7(6-12-9)13-10(14)8-2-1-5-15-8/h3-4,6,8H,1-2,5H2,(H2,11,12)(H,13,14). The molecule has 1 atom stereocenters. The number of carbonyl (C=O) groups excluding carboxylic acids is 1. The molecule has 1 unspecified atom stereocenters. The number of rotatable bonds is 2. The van der Waals surface area contributed by atoms with Crippen molar-refractivity contribution < 1.29 is 4.79 Å². The van der Waals surface area contributed by atoms with Crippen LogP contribution in [0.1, 0.15) is 12.8 Å². The Balaban J connectivity index is 1.96. The largest absolute Gasteiger partial charge is 0.384 e. The third-order valence-electron chi connectivity index (χ3n) is 2.28. The minimum atomic E-state index is 0.0732. The average Bonchev–Trinajstić information content (AvgIpc) is 2.74. The lowest BCUT2D eigenvalue weighted by atomic mass is 10.2. The molecule has 2 heterocycles. The lowest BCUT2D eigenvalue weighted by molar-refractivity contribution is -0.115. The fourth-order valence-corrected chi connectivity index (χ4v) is 2.65. The highest BCUT2D eigenvalue weighted by molar-refractivity contribution is 8.00. The molecule has 5 heteroatoms. The fourth-order valence-electron chi connectivity index (χ4n) is 1.49. The molecule has 0 aliphatic carbocycles. The van der Waals surface area contributed by atoms with Crippen LogP contribution < -0.4 is 11.1 Å². The molecule has 2 rings (SSSR count). The van der Waals surface area contributed by atoms with Gasteiger partial charge >= 0.3 is 0 Å². The van der Waals surface area contributed by atoms with E-state index in [2.05, 4.69) is 10.3 Å². The molecule has 3 N–H and O–H groups in total. The molecule has 1 aromatic heterocycles. The maximum Gasteiger partial charge on any atom is 0.237 e. The van der Waals surface area contributed by atoms with Crippen molar-refractivity contribution in [2.75, 3.05) is 16.8 Å². The Labute approximate surface area is 92.6 Å². The quantitative estimate of drug-likeness (QED) is 0.797. The van der Waals surface area contributed by atoms with Crippen molar-refractivity contribution in [1.82, 2.24) is 4.98 Å². The summed E-state index contributed by atoms with van der Waals surface area (Å²) in [5, 5.41) is 2.93. The number of anilines is 2. The van der Waals surface area contributed by atoms with E-state index in [0.717, 1.165) is 18.6 Å². The molecule has 15 heavy (non-hydrogen) atoms. The minimum Gasteiger partial charge on any atom is -0.384 e. The van der Waals surface area contributed by atoms with Crippen LogP contribution in [0.3, 0.4) is 0 Å². The van der Waals surface area contributed by atoms with Crippen LogP contribution in [0.25, 0.3) is 0 Å². The van der Waals surface area contributed by atoms with Crippen LogP contribution in [-0.4, -0.2) is 21.9 Å². The number of carbonyl (C=O) groups is 1. The first-order chi connectivity index (χ1) is 7.25. The molecule has 0 radical (unpaired) electrons. The number of pyridine rings is 1. The van der Waals surface area contributed by atoms with Gasteiger partial charge in [-0.1, -0.05) is 0 Å². The van der Waals surface area contributed by atoms with Gasteiger partial charge < -0.3 is 11.1 Å². The van der Waals surface area contributed by atoms with Gasteiger partial charge in [-0.15, -0.1) is 11.8 Å². The smallest absolute Gasteiger partial charge is 0.237 e. The molecule has 0 spiro atoms. The molecule has 1 aliphatic heterocycles. The van der Waals surface area contributed by atoms with E-state index < -0.39 is 0 Å². The van der Waals surface area contributed by atoms with Crippen LogP contribution in [0.4, 0.5) is 11.5 Å². The van der Waals surface area contributed by atoms with Gasteiger partial charge in [0.1, 0.15) is 5.82 Å². The van der Waals surface area contributed by atoms with Crippen LogP contribution in [0.2, 0.25) is 0 Å². The predicted octanol–water partition coefficient (Wildman–Crippen LogP) is 1.50. The van der Waals surface area contributed by atoms with Crippen molar-refractivity contribution >= 4 is 29.2 Å². The number of amides is 1. The Morgan fingerprint density at radius 2 is 2.47 bits per heavy atom. The Bertz CT molecular complexity index is 346. The van der Waals surface area contributed by atoms with Gasteiger partial charge in [-0.25, -0.2) is 4.98 Å². The molecule has 1 aliphatic rings. The van der Waals surface area contributed by atoms with Gasteiger partial charge in [-0.3, -0.25) is 4.79 Å². The molecule has 1 fully saturated rings. The average molecular weight is 223 g/mol. The first kappa shape index (κ1) is 10.3. The number of nitrogens with zero attached hydrogens (tertiary/aromatic N) is 1. The minimum absolute atomic E-state index is 0.0732. The van der Waals surface area contributed by atoms with Gasteiger partial charge in [-0.05, 0) is 30.7 Å². The van der Waals surface area contributed by atoms with Gasteiger partial charge in [0.2, 0.25) is 5.91 Å². The number of nitrogens with two attached hydrogens (primary N) is 1. The van der Waals surface area contributed by atoms with E-state index in [1.807, 2.05) is 0 Å². The van der Waals surface area contributed by atoms with Gasteiger partial charge in [0.05, 0.1) is 17.1 Å². The van der Waals surface area contributed by atoms with Crippen LogP contribution in [0.5, 0.6) is 0 Å². The van der Waals surface area contributed by atoms with Crippen molar-refractivity contribution in [2.45, 2.75) is 18.1 Å². The molecule has 0 aromatic carbocycles. The normalized spacial score (nSPS) is 20.1.